The van der Waals surface area contributed by atoms with Gasteiger partial charge in [-0.3, -0.25) is 28.8 Å². The molecule has 1 rings (SSSR count). The van der Waals surface area contributed by atoms with Gasteiger partial charge >= 0.3 is 5.97 Å². The van der Waals surface area contributed by atoms with Crippen molar-refractivity contribution in [3.63, 3.8) is 0 Å². The molecule has 0 aliphatic heterocycles. The molecule has 2 amide bonds. The summed E-state index contributed by atoms with van der Waals surface area (Å²) in [6, 6.07) is 2.83. The fourth-order valence-electron chi connectivity index (χ4n) is 2.52. The average Bonchev–Trinajstić information content (AvgIpc) is 2.75. The van der Waals surface area contributed by atoms with Gasteiger partial charge in [-0.05, 0) is 12.8 Å². The maximum absolute atomic E-state index is 14.5. The summed E-state index contributed by atoms with van der Waals surface area (Å²) in [6.07, 6.45) is -4.02. The van der Waals surface area contributed by atoms with Crippen molar-refractivity contribution in [2.45, 2.75) is 51.5 Å². The predicted octanol–water partition coefficient (Wildman–Crippen LogP) is -0.207. The van der Waals surface area contributed by atoms with Crippen LogP contribution in [0.3, 0.4) is 0 Å². The highest BCUT2D eigenvalue weighted by atomic mass is 19.1. The second-order valence-corrected chi connectivity index (χ2v) is 7.48. The molecule has 174 valence electrons. The summed E-state index contributed by atoms with van der Waals surface area (Å²) < 4.78 is 14.5. The number of hydrogen-bond donors (Lipinski definition) is 4. The number of aliphatic carboxylic acids is 1. The number of nitrogens with one attached hydrogen (secondary N) is 2. The highest BCUT2D eigenvalue weighted by Crippen LogP contribution is 2.10. The van der Waals surface area contributed by atoms with E-state index < -0.39 is 65.9 Å². The van der Waals surface area contributed by atoms with E-state index in [4.69, 9.17) is 10.8 Å². The maximum Gasteiger partial charge on any atom is 0.305 e. The van der Waals surface area contributed by atoms with Crippen LogP contribution in [0.15, 0.2) is 30.3 Å². The first kappa shape index (κ1) is 26.6. The van der Waals surface area contributed by atoms with E-state index in [1.54, 1.807) is 19.9 Å². The number of halogens is 1. The second kappa shape index (κ2) is 11.8. The van der Waals surface area contributed by atoms with Crippen LogP contribution in [0.1, 0.15) is 37.6 Å². The number of carbonyl (C=O) groups excluding carboxylic acids is 5. The van der Waals surface area contributed by atoms with Gasteiger partial charge in [-0.1, -0.05) is 44.2 Å². The average molecular weight is 451 g/mol. The molecule has 0 saturated heterocycles. The van der Waals surface area contributed by atoms with E-state index in [0.717, 1.165) is 0 Å². The number of nitrogens with two attached hydrogens (primary N) is 1. The zero-order chi connectivity index (χ0) is 24.6. The Hall–Kier alpha value is -3.47. The molecule has 4 atom stereocenters. The van der Waals surface area contributed by atoms with Gasteiger partial charge in [-0.25, -0.2) is 4.39 Å². The quantitative estimate of drug-likeness (QED) is 0.192. The Labute approximate surface area is 183 Å². The molecule has 0 heterocycles. The molecule has 0 saturated carbocycles. The number of amides is 2. The minimum Gasteiger partial charge on any atom is -0.481 e. The standard InChI is InChI=1S/C21H26FN3O7/c1-10(2)16(23)21(32)24-11(3)20(31)25-13(9-14(26)27)18(29)15(22)19(30)17(28)12-7-5-4-6-8-12/h4-8,10-11,13,15-16H,9,23H2,1-3H3,(H,24,32)(H,25,31)(H,26,27)/t11-,13-,15?,16-/m0/s1. The van der Waals surface area contributed by atoms with E-state index in [1.165, 1.54) is 31.2 Å². The maximum atomic E-state index is 14.5. The van der Waals surface area contributed by atoms with Gasteiger partial charge in [0, 0.05) is 5.56 Å². The van der Waals surface area contributed by atoms with E-state index in [2.05, 4.69) is 5.32 Å². The number of hydrogen-bond acceptors (Lipinski definition) is 7. The third kappa shape index (κ3) is 7.34. The zero-order valence-electron chi connectivity index (χ0n) is 17.8. The van der Waals surface area contributed by atoms with E-state index in [0.29, 0.717) is 0 Å². The number of ketones is 3. The van der Waals surface area contributed by atoms with Crippen LogP contribution >= 0.6 is 0 Å². The molecule has 32 heavy (non-hydrogen) atoms. The Morgan fingerprint density at radius 2 is 1.53 bits per heavy atom. The molecule has 1 aromatic rings. The summed E-state index contributed by atoms with van der Waals surface area (Å²) >= 11 is 0. The largest absolute Gasteiger partial charge is 0.481 e. The number of alkyl halides is 1. The molecule has 0 aromatic heterocycles. The van der Waals surface area contributed by atoms with Crippen LogP contribution in [0, 0.1) is 5.92 Å². The topological polar surface area (TPSA) is 173 Å². The number of carboxylic acids is 1. The molecule has 0 fully saturated rings. The number of carboxylic acid groups (broad SMARTS) is 1. The Bertz CT molecular complexity index is 889. The van der Waals surface area contributed by atoms with Gasteiger partial charge < -0.3 is 21.5 Å². The highest BCUT2D eigenvalue weighted by molar-refractivity contribution is 6.48. The molecule has 11 heteroatoms. The molecule has 1 aromatic carbocycles. The molecule has 1 unspecified atom stereocenters. The summed E-state index contributed by atoms with van der Waals surface area (Å²) in [5, 5.41) is 13.3. The lowest BCUT2D eigenvalue weighted by atomic mass is 9.97. The van der Waals surface area contributed by atoms with Gasteiger partial charge in [0.2, 0.25) is 29.6 Å². The third-order valence-electron chi connectivity index (χ3n) is 4.55. The van der Waals surface area contributed by atoms with E-state index in [-0.39, 0.29) is 11.5 Å². The van der Waals surface area contributed by atoms with Gasteiger partial charge in [0.25, 0.3) is 0 Å². The van der Waals surface area contributed by atoms with Crippen molar-refractivity contribution in [3.05, 3.63) is 35.9 Å². The summed E-state index contributed by atoms with van der Waals surface area (Å²) in [5.41, 5.74) is 5.53. The Morgan fingerprint density at radius 1 is 0.969 bits per heavy atom. The molecular formula is C21H26FN3O7. The van der Waals surface area contributed by atoms with E-state index >= 15 is 0 Å². The zero-order valence-corrected chi connectivity index (χ0v) is 17.8. The lowest BCUT2D eigenvalue weighted by molar-refractivity contribution is -0.143. The van der Waals surface area contributed by atoms with E-state index in [1.807, 2.05) is 5.32 Å². The SMILES string of the molecule is CC(C)[C@H](N)C(=O)N[C@@H](C)C(=O)N[C@@H](CC(=O)O)C(=O)C(F)C(=O)C(=O)c1ccccc1. The molecule has 0 aliphatic rings. The minimum absolute atomic E-state index is 0.149. The highest BCUT2D eigenvalue weighted by Gasteiger charge is 2.38. The number of carbonyl (C=O) groups is 6. The van der Waals surface area contributed by atoms with Crippen LogP contribution in [0.4, 0.5) is 4.39 Å². The second-order valence-electron chi connectivity index (χ2n) is 7.48. The molecule has 10 nitrogen and oxygen atoms in total. The fraction of sp³-hybridized carbons (Fsp3) is 0.429. The van der Waals surface area contributed by atoms with Crippen LogP contribution < -0.4 is 16.4 Å². The smallest absolute Gasteiger partial charge is 0.305 e. The van der Waals surface area contributed by atoms with Crippen LogP contribution in [0.5, 0.6) is 0 Å². The van der Waals surface area contributed by atoms with Crippen molar-refractivity contribution in [1.29, 1.82) is 0 Å². The van der Waals surface area contributed by atoms with Crippen LogP contribution in [0.2, 0.25) is 0 Å². The number of rotatable bonds is 12. The lowest BCUT2D eigenvalue weighted by Crippen LogP contribution is -2.55. The van der Waals surface area contributed by atoms with Gasteiger partial charge in [-0.2, -0.15) is 0 Å². The molecule has 5 N–H and O–H groups in total. The molecule has 0 aliphatic carbocycles. The van der Waals surface area contributed by atoms with Crippen LogP contribution in [-0.2, 0) is 24.0 Å². The van der Waals surface area contributed by atoms with Crippen molar-refractivity contribution >= 4 is 35.1 Å². The van der Waals surface area contributed by atoms with Crippen molar-refractivity contribution in [1.82, 2.24) is 10.6 Å². The summed E-state index contributed by atoms with van der Waals surface area (Å²) in [5.74, 6) is -7.99. The monoisotopic (exact) mass is 451 g/mol. The number of benzene rings is 1. The van der Waals surface area contributed by atoms with Gasteiger partial charge in [0.15, 0.2) is 5.78 Å². The third-order valence-corrected chi connectivity index (χ3v) is 4.55. The lowest BCUT2D eigenvalue weighted by Gasteiger charge is -2.22. The normalized spacial score (nSPS) is 14.6. The summed E-state index contributed by atoms with van der Waals surface area (Å²) in [4.78, 5) is 72.0. The molecule has 0 spiro atoms. The number of Topliss-reactive ketones (excluding diaryl/α,β-unsaturated/α-hetero) is 3. The fourth-order valence-corrected chi connectivity index (χ4v) is 2.52. The minimum atomic E-state index is -2.98. The summed E-state index contributed by atoms with van der Waals surface area (Å²) in [7, 11) is 0. The van der Waals surface area contributed by atoms with Crippen molar-refractivity contribution in [3.8, 4) is 0 Å². The van der Waals surface area contributed by atoms with Crippen LogP contribution in [-0.4, -0.2) is 64.5 Å². The van der Waals surface area contributed by atoms with Crippen LogP contribution in [0.25, 0.3) is 0 Å². The predicted molar refractivity (Wildman–Crippen MR) is 110 cm³/mol. The molecule has 0 radical (unpaired) electrons. The Balaban J connectivity index is 2.92. The molecular weight excluding hydrogens is 425 g/mol. The Kier molecular flexibility index (Phi) is 9.79. The van der Waals surface area contributed by atoms with Crippen molar-refractivity contribution in [2.75, 3.05) is 0 Å². The first-order chi connectivity index (χ1) is 14.9. The Morgan fingerprint density at radius 3 is 2.03 bits per heavy atom. The van der Waals surface area contributed by atoms with Gasteiger partial charge in [-0.15, -0.1) is 0 Å². The van der Waals surface area contributed by atoms with E-state index in [9.17, 15) is 33.2 Å². The van der Waals surface area contributed by atoms with Crippen molar-refractivity contribution < 1.29 is 38.3 Å². The summed E-state index contributed by atoms with van der Waals surface area (Å²) in [6.45, 7) is 4.62. The van der Waals surface area contributed by atoms with Gasteiger partial charge in [0.05, 0.1) is 12.5 Å². The van der Waals surface area contributed by atoms with Gasteiger partial charge in [0.1, 0.15) is 12.1 Å². The first-order valence-corrected chi connectivity index (χ1v) is 9.76. The molecule has 0 bridgehead atoms. The van der Waals surface area contributed by atoms with Crippen molar-refractivity contribution in [2.24, 2.45) is 11.7 Å². The first-order valence-electron chi connectivity index (χ1n) is 9.76.